The number of hydrogen-bond acceptors (Lipinski definition) is 5. The molecule has 0 aromatic carbocycles. The molecule has 9 heteroatoms. The zero-order valence-corrected chi connectivity index (χ0v) is 12.6. The number of amides is 1. The van der Waals surface area contributed by atoms with Crippen LogP contribution in [0.1, 0.15) is 23.8 Å². The summed E-state index contributed by atoms with van der Waals surface area (Å²) in [6, 6.07) is 0.135. The molecule has 1 unspecified atom stereocenters. The van der Waals surface area contributed by atoms with Crippen LogP contribution in [0.15, 0.2) is 12.3 Å². The molecule has 0 bridgehead atoms. The van der Waals surface area contributed by atoms with Gasteiger partial charge in [-0.15, -0.1) is 0 Å². The van der Waals surface area contributed by atoms with Crippen LogP contribution in [0.25, 0.3) is 0 Å². The summed E-state index contributed by atoms with van der Waals surface area (Å²) in [5.41, 5.74) is -0.113. The maximum Gasteiger partial charge on any atom is 0.326 e. The van der Waals surface area contributed by atoms with Gasteiger partial charge in [0.05, 0.1) is 11.1 Å². The number of aromatic nitrogens is 1. The van der Waals surface area contributed by atoms with Crippen LogP contribution in [0, 0.1) is 10.1 Å². The molecule has 0 radical (unpaired) electrons. The first-order chi connectivity index (χ1) is 9.90. The number of aliphatic carboxylic acids is 1. The highest BCUT2D eigenvalue weighted by molar-refractivity contribution is 7.98. The summed E-state index contributed by atoms with van der Waals surface area (Å²) in [6.07, 6.45) is 3.38. The van der Waals surface area contributed by atoms with Gasteiger partial charge in [0.15, 0.2) is 0 Å². The molecule has 0 aliphatic heterocycles. The Morgan fingerprint density at radius 2 is 2.24 bits per heavy atom. The van der Waals surface area contributed by atoms with E-state index < -0.39 is 22.8 Å². The minimum Gasteiger partial charge on any atom is -0.480 e. The highest BCUT2D eigenvalue weighted by Crippen LogP contribution is 2.16. The summed E-state index contributed by atoms with van der Waals surface area (Å²) in [6.45, 7) is 2.11. The van der Waals surface area contributed by atoms with Crippen LogP contribution in [-0.2, 0) is 11.3 Å². The quantitative estimate of drug-likeness (QED) is 0.553. The minimum absolute atomic E-state index is 0.0830. The first kappa shape index (κ1) is 17.0. The summed E-state index contributed by atoms with van der Waals surface area (Å²) in [7, 11) is 0. The zero-order valence-electron chi connectivity index (χ0n) is 11.7. The predicted molar refractivity (Wildman–Crippen MR) is 78.6 cm³/mol. The monoisotopic (exact) mass is 315 g/mol. The van der Waals surface area contributed by atoms with Gasteiger partial charge in [-0.3, -0.25) is 14.9 Å². The molecule has 1 aromatic rings. The standard InChI is InChI=1S/C12H17N3O5S/c1-3-14-7-8(15(19)20)6-10(14)11(16)13-9(12(17)18)4-5-21-2/h6-7,9H,3-5H2,1-2H3,(H,13,16)(H,17,18). The molecule has 0 aliphatic carbocycles. The van der Waals surface area contributed by atoms with Gasteiger partial charge in [0.2, 0.25) is 0 Å². The lowest BCUT2D eigenvalue weighted by Gasteiger charge is -2.14. The molecule has 21 heavy (non-hydrogen) atoms. The zero-order chi connectivity index (χ0) is 16.0. The number of nitrogens with zero attached hydrogens (tertiary/aromatic N) is 2. The van der Waals surface area contributed by atoms with E-state index in [4.69, 9.17) is 5.11 Å². The molecule has 8 nitrogen and oxygen atoms in total. The largest absolute Gasteiger partial charge is 0.480 e. The molecule has 1 aromatic heterocycles. The van der Waals surface area contributed by atoms with Crippen LogP contribution in [0.4, 0.5) is 5.69 Å². The Bertz CT molecular complexity index is 543. The number of nitrogens with one attached hydrogen (secondary N) is 1. The van der Waals surface area contributed by atoms with Crippen molar-refractivity contribution in [2.24, 2.45) is 0 Å². The highest BCUT2D eigenvalue weighted by atomic mass is 32.2. The SMILES string of the molecule is CCn1cc([N+](=O)[O-])cc1C(=O)NC(CCSC)C(=O)O. The highest BCUT2D eigenvalue weighted by Gasteiger charge is 2.24. The number of hydrogen-bond donors (Lipinski definition) is 2. The summed E-state index contributed by atoms with van der Waals surface area (Å²) in [5.74, 6) is -1.16. The number of carbonyl (C=O) groups is 2. The number of thioether (sulfide) groups is 1. The minimum atomic E-state index is -1.12. The molecule has 1 atom stereocenters. The lowest BCUT2D eigenvalue weighted by molar-refractivity contribution is -0.384. The third kappa shape index (κ3) is 4.48. The van der Waals surface area contributed by atoms with E-state index >= 15 is 0 Å². The van der Waals surface area contributed by atoms with Gasteiger partial charge in [-0.2, -0.15) is 11.8 Å². The van der Waals surface area contributed by atoms with Crippen molar-refractivity contribution < 1.29 is 19.6 Å². The Morgan fingerprint density at radius 3 is 2.71 bits per heavy atom. The van der Waals surface area contributed by atoms with Gasteiger partial charge < -0.3 is 15.0 Å². The maximum atomic E-state index is 12.1. The summed E-state index contributed by atoms with van der Waals surface area (Å²) < 4.78 is 1.42. The molecule has 0 saturated heterocycles. The average Bonchev–Trinajstić information content (AvgIpc) is 2.87. The van der Waals surface area contributed by atoms with Crippen molar-refractivity contribution in [3.63, 3.8) is 0 Å². The molecule has 1 heterocycles. The first-order valence-corrected chi connectivity index (χ1v) is 7.67. The first-order valence-electron chi connectivity index (χ1n) is 6.27. The van der Waals surface area contributed by atoms with Crippen molar-refractivity contribution >= 4 is 29.3 Å². The molecule has 0 spiro atoms. The van der Waals surface area contributed by atoms with E-state index in [0.717, 1.165) is 6.07 Å². The van der Waals surface area contributed by atoms with E-state index in [1.54, 1.807) is 6.92 Å². The lowest BCUT2D eigenvalue weighted by atomic mass is 10.2. The normalized spacial score (nSPS) is 11.9. The van der Waals surface area contributed by atoms with Gasteiger partial charge in [-0.25, -0.2) is 4.79 Å². The molecular formula is C12H17N3O5S. The average molecular weight is 315 g/mol. The summed E-state index contributed by atoms with van der Waals surface area (Å²) >= 11 is 1.48. The smallest absolute Gasteiger partial charge is 0.326 e. The number of carbonyl (C=O) groups excluding carboxylic acids is 1. The number of rotatable bonds is 8. The third-order valence-corrected chi connectivity index (χ3v) is 3.52. The Hall–Kier alpha value is -2.03. The Balaban J connectivity index is 2.91. The van der Waals surface area contributed by atoms with E-state index in [1.807, 2.05) is 6.26 Å². The van der Waals surface area contributed by atoms with Crippen LogP contribution in [-0.4, -0.2) is 44.5 Å². The van der Waals surface area contributed by atoms with Gasteiger partial charge in [-0.05, 0) is 25.4 Å². The van der Waals surface area contributed by atoms with Gasteiger partial charge >= 0.3 is 5.97 Å². The van der Waals surface area contributed by atoms with E-state index in [-0.39, 0.29) is 17.8 Å². The summed E-state index contributed by atoms with van der Waals surface area (Å²) in [4.78, 5) is 33.4. The maximum absolute atomic E-state index is 12.1. The van der Waals surface area contributed by atoms with E-state index in [0.29, 0.717) is 12.3 Å². The van der Waals surface area contributed by atoms with Crippen molar-refractivity contribution in [3.05, 3.63) is 28.1 Å². The molecular weight excluding hydrogens is 298 g/mol. The number of aryl methyl sites for hydroxylation is 1. The fourth-order valence-corrected chi connectivity index (χ4v) is 2.24. The molecule has 0 aliphatic rings. The molecule has 1 amide bonds. The number of carboxylic acid groups (broad SMARTS) is 1. The number of carboxylic acids is 1. The van der Waals surface area contributed by atoms with Gasteiger partial charge in [0.1, 0.15) is 11.7 Å². The van der Waals surface area contributed by atoms with Crippen molar-refractivity contribution in [2.45, 2.75) is 25.9 Å². The van der Waals surface area contributed by atoms with Crippen LogP contribution in [0.3, 0.4) is 0 Å². The number of nitro groups is 1. The van der Waals surface area contributed by atoms with Crippen LogP contribution in [0.5, 0.6) is 0 Å². The summed E-state index contributed by atoms with van der Waals surface area (Å²) in [5, 5.41) is 22.2. The van der Waals surface area contributed by atoms with Gasteiger partial charge in [-0.1, -0.05) is 0 Å². The van der Waals surface area contributed by atoms with Crippen molar-refractivity contribution in [1.29, 1.82) is 0 Å². The molecule has 1 rings (SSSR count). The third-order valence-electron chi connectivity index (χ3n) is 2.88. The Kier molecular flexibility index (Phi) is 6.22. The van der Waals surface area contributed by atoms with Crippen molar-refractivity contribution in [2.75, 3.05) is 12.0 Å². The second kappa shape index (κ2) is 7.67. The lowest BCUT2D eigenvalue weighted by Crippen LogP contribution is -2.41. The van der Waals surface area contributed by atoms with Crippen LogP contribution >= 0.6 is 11.8 Å². The van der Waals surface area contributed by atoms with Crippen molar-refractivity contribution in [1.82, 2.24) is 9.88 Å². The Morgan fingerprint density at radius 1 is 1.57 bits per heavy atom. The fraction of sp³-hybridized carbons (Fsp3) is 0.500. The fourth-order valence-electron chi connectivity index (χ4n) is 1.77. The predicted octanol–water partition coefficient (Wildman–Crippen LogP) is 1.35. The van der Waals surface area contributed by atoms with E-state index in [1.165, 1.54) is 22.5 Å². The molecule has 116 valence electrons. The Labute approximate surface area is 125 Å². The van der Waals surface area contributed by atoms with Crippen molar-refractivity contribution in [3.8, 4) is 0 Å². The van der Waals surface area contributed by atoms with Crippen LogP contribution < -0.4 is 5.32 Å². The van der Waals surface area contributed by atoms with Gasteiger partial charge in [0.25, 0.3) is 11.6 Å². The van der Waals surface area contributed by atoms with Gasteiger partial charge in [0, 0.05) is 12.6 Å². The van der Waals surface area contributed by atoms with Crippen LogP contribution in [0.2, 0.25) is 0 Å². The topological polar surface area (TPSA) is 114 Å². The van der Waals surface area contributed by atoms with E-state index in [2.05, 4.69) is 5.32 Å². The second-order valence-electron chi connectivity index (χ2n) is 4.27. The van der Waals surface area contributed by atoms with E-state index in [9.17, 15) is 19.7 Å². The molecule has 2 N–H and O–H groups in total. The molecule has 0 fully saturated rings. The molecule has 0 saturated carbocycles. The second-order valence-corrected chi connectivity index (χ2v) is 5.26.